The fourth-order valence-corrected chi connectivity index (χ4v) is 1.77. The molecule has 0 unspecified atom stereocenters. The molecule has 0 aromatic heterocycles. The van der Waals surface area contributed by atoms with E-state index < -0.39 is 25.0 Å². The molecular formula is C11H13ClN2O4. The summed E-state index contributed by atoms with van der Waals surface area (Å²) in [6.07, 6.45) is 0. The van der Waals surface area contributed by atoms with Crippen molar-refractivity contribution in [3.8, 4) is 0 Å². The van der Waals surface area contributed by atoms with E-state index in [0.717, 1.165) is 0 Å². The van der Waals surface area contributed by atoms with E-state index in [1.54, 1.807) is 18.2 Å². The Morgan fingerprint density at radius 1 is 1.22 bits per heavy atom. The van der Waals surface area contributed by atoms with Crippen molar-refractivity contribution in [1.82, 2.24) is 0 Å². The monoisotopic (exact) mass is 272 g/mol. The van der Waals surface area contributed by atoms with Crippen LogP contribution in [0.5, 0.6) is 0 Å². The number of carbonyl (C=O) groups is 2. The lowest BCUT2D eigenvalue weighted by Crippen LogP contribution is -2.35. The Balaban J connectivity index is 3.10. The van der Waals surface area contributed by atoms with E-state index in [1.165, 1.54) is 4.90 Å². The summed E-state index contributed by atoms with van der Waals surface area (Å²) >= 11 is 5.81. The van der Waals surface area contributed by atoms with Crippen LogP contribution >= 0.6 is 11.6 Å². The third-order valence-electron chi connectivity index (χ3n) is 2.25. The minimum atomic E-state index is -1.12. The molecule has 7 heteroatoms. The van der Waals surface area contributed by atoms with Crippen LogP contribution in [0.2, 0.25) is 5.02 Å². The largest absolute Gasteiger partial charge is 0.480 e. The second-order valence-electron chi connectivity index (χ2n) is 3.62. The van der Waals surface area contributed by atoms with Crippen molar-refractivity contribution in [1.29, 1.82) is 0 Å². The molecule has 0 atom stereocenters. The zero-order valence-electron chi connectivity index (χ0n) is 9.47. The first-order valence-electron chi connectivity index (χ1n) is 5.11. The maximum atomic E-state index is 10.7. The zero-order valence-corrected chi connectivity index (χ0v) is 10.2. The van der Waals surface area contributed by atoms with Gasteiger partial charge in [-0.05, 0) is 23.8 Å². The molecule has 0 saturated heterocycles. The van der Waals surface area contributed by atoms with E-state index in [-0.39, 0.29) is 6.54 Å². The first-order chi connectivity index (χ1) is 8.43. The Hall–Kier alpha value is -1.79. The lowest BCUT2D eigenvalue weighted by molar-refractivity contribution is -0.136. The van der Waals surface area contributed by atoms with Crippen LogP contribution < -0.4 is 10.6 Å². The van der Waals surface area contributed by atoms with E-state index in [0.29, 0.717) is 16.3 Å². The number of rotatable bonds is 6. The molecule has 1 rings (SSSR count). The van der Waals surface area contributed by atoms with Crippen molar-refractivity contribution in [2.75, 3.05) is 18.0 Å². The first-order valence-corrected chi connectivity index (χ1v) is 5.49. The highest BCUT2D eigenvalue weighted by Gasteiger charge is 2.17. The number of aliphatic carboxylic acids is 2. The third-order valence-corrected chi connectivity index (χ3v) is 2.49. The Morgan fingerprint density at radius 3 is 2.22 bits per heavy atom. The number of carboxylic acid groups (broad SMARTS) is 2. The van der Waals surface area contributed by atoms with Crippen LogP contribution in [0.4, 0.5) is 5.69 Å². The van der Waals surface area contributed by atoms with Gasteiger partial charge in [0.05, 0.1) is 0 Å². The van der Waals surface area contributed by atoms with Gasteiger partial charge in [-0.3, -0.25) is 9.59 Å². The average molecular weight is 273 g/mol. The number of benzene rings is 1. The SMILES string of the molecule is NCc1cc(Cl)ccc1N(CC(=O)O)CC(=O)O. The molecule has 0 heterocycles. The molecule has 4 N–H and O–H groups in total. The standard InChI is InChI=1S/C11H13ClN2O4/c12-8-1-2-9(7(3-8)4-13)14(5-10(15)16)6-11(17)18/h1-3H,4-6,13H2,(H,15,16)(H,17,18). The van der Waals surface area contributed by atoms with Crippen LogP contribution in [0.1, 0.15) is 5.56 Å². The van der Waals surface area contributed by atoms with E-state index >= 15 is 0 Å². The number of nitrogens with two attached hydrogens (primary N) is 1. The summed E-state index contributed by atoms with van der Waals surface area (Å²) in [7, 11) is 0. The highest BCUT2D eigenvalue weighted by molar-refractivity contribution is 6.30. The Morgan fingerprint density at radius 2 is 1.78 bits per heavy atom. The molecule has 1 aromatic rings. The molecule has 0 fully saturated rings. The number of anilines is 1. The van der Waals surface area contributed by atoms with Crippen molar-refractivity contribution in [2.24, 2.45) is 5.73 Å². The van der Waals surface area contributed by atoms with E-state index in [4.69, 9.17) is 27.5 Å². The van der Waals surface area contributed by atoms with Gasteiger partial charge in [-0.1, -0.05) is 11.6 Å². The van der Waals surface area contributed by atoms with Crippen LogP contribution in [-0.4, -0.2) is 35.2 Å². The molecule has 0 aliphatic heterocycles. The van der Waals surface area contributed by atoms with E-state index in [1.807, 2.05) is 0 Å². The average Bonchev–Trinajstić information content (AvgIpc) is 2.26. The topological polar surface area (TPSA) is 104 Å². The van der Waals surface area contributed by atoms with Crippen molar-refractivity contribution in [2.45, 2.75) is 6.54 Å². The van der Waals surface area contributed by atoms with Gasteiger partial charge in [0.1, 0.15) is 13.1 Å². The molecule has 98 valence electrons. The molecule has 0 amide bonds. The molecule has 1 aromatic carbocycles. The summed E-state index contributed by atoms with van der Waals surface area (Å²) in [5.74, 6) is -2.23. The van der Waals surface area contributed by atoms with Gasteiger partial charge in [-0.15, -0.1) is 0 Å². The van der Waals surface area contributed by atoms with Gasteiger partial charge in [-0.2, -0.15) is 0 Å². The molecule has 18 heavy (non-hydrogen) atoms. The van der Waals surface area contributed by atoms with Crippen LogP contribution in [0.25, 0.3) is 0 Å². The summed E-state index contributed by atoms with van der Waals surface area (Å²) < 4.78 is 0. The van der Waals surface area contributed by atoms with Gasteiger partial charge in [0.15, 0.2) is 0 Å². The van der Waals surface area contributed by atoms with Crippen molar-refractivity contribution in [3.05, 3.63) is 28.8 Å². The zero-order chi connectivity index (χ0) is 13.7. The molecule has 0 spiro atoms. The van der Waals surface area contributed by atoms with Gasteiger partial charge in [0.2, 0.25) is 0 Å². The summed E-state index contributed by atoms with van der Waals surface area (Å²) in [5.41, 5.74) is 6.61. The van der Waals surface area contributed by atoms with Crippen LogP contribution in [0.15, 0.2) is 18.2 Å². The predicted octanol–water partition coefficient (Wildman–Crippen LogP) is 0.774. The van der Waals surface area contributed by atoms with Crippen LogP contribution in [0, 0.1) is 0 Å². The van der Waals surface area contributed by atoms with Gasteiger partial charge in [0, 0.05) is 17.3 Å². The summed E-state index contributed by atoms with van der Waals surface area (Å²) in [4.78, 5) is 22.7. The number of carboxylic acids is 2. The second-order valence-corrected chi connectivity index (χ2v) is 4.06. The molecule has 0 aliphatic carbocycles. The van der Waals surface area contributed by atoms with Gasteiger partial charge < -0.3 is 20.8 Å². The Kier molecular flexibility index (Phi) is 4.94. The predicted molar refractivity (Wildman–Crippen MR) is 66.8 cm³/mol. The van der Waals surface area contributed by atoms with Crippen molar-refractivity contribution < 1.29 is 19.8 Å². The molecule has 0 saturated carbocycles. The van der Waals surface area contributed by atoms with E-state index in [2.05, 4.69) is 0 Å². The smallest absolute Gasteiger partial charge is 0.323 e. The highest BCUT2D eigenvalue weighted by Crippen LogP contribution is 2.24. The Bertz CT molecular complexity index is 448. The lowest BCUT2D eigenvalue weighted by Gasteiger charge is -2.23. The number of nitrogens with zero attached hydrogens (tertiary/aromatic N) is 1. The molecular weight excluding hydrogens is 260 g/mol. The molecule has 0 bridgehead atoms. The minimum Gasteiger partial charge on any atom is -0.480 e. The van der Waals surface area contributed by atoms with Crippen molar-refractivity contribution >= 4 is 29.2 Å². The van der Waals surface area contributed by atoms with Gasteiger partial charge in [-0.25, -0.2) is 0 Å². The summed E-state index contributed by atoms with van der Waals surface area (Å²) in [6, 6.07) is 4.72. The van der Waals surface area contributed by atoms with Crippen LogP contribution in [-0.2, 0) is 16.1 Å². The van der Waals surface area contributed by atoms with E-state index in [9.17, 15) is 9.59 Å². The minimum absolute atomic E-state index is 0.144. The number of halogens is 1. The summed E-state index contributed by atoms with van der Waals surface area (Å²) in [5, 5.41) is 18.0. The van der Waals surface area contributed by atoms with Crippen molar-refractivity contribution in [3.63, 3.8) is 0 Å². The second kappa shape index (κ2) is 6.23. The fourth-order valence-electron chi connectivity index (χ4n) is 1.58. The van der Waals surface area contributed by atoms with Crippen LogP contribution in [0.3, 0.4) is 0 Å². The van der Waals surface area contributed by atoms with Gasteiger partial charge >= 0.3 is 11.9 Å². The third kappa shape index (κ3) is 3.90. The summed E-state index contributed by atoms with van der Waals surface area (Å²) in [6.45, 7) is -0.687. The Labute approximate surface area is 109 Å². The maximum absolute atomic E-state index is 10.7. The number of hydrogen-bond acceptors (Lipinski definition) is 4. The maximum Gasteiger partial charge on any atom is 0.323 e. The molecule has 0 aliphatic rings. The molecule has 0 radical (unpaired) electrons. The number of hydrogen-bond donors (Lipinski definition) is 3. The lowest BCUT2D eigenvalue weighted by atomic mass is 10.1. The quantitative estimate of drug-likeness (QED) is 0.707. The highest BCUT2D eigenvalue weighted by atomic mass is 35.5. The molecule has 6 nitrogen and oxygen atoms in total. The fraction of sp³-hybridized carbons (Fsp3) is 0.273. The first kappa shape index (κ1) is 14.3. The van der Waals surface area contributed by atoms with Gasteiger partial charge in [0.25, 0.3) is 0 Å². The normalized spacial score (nSPS) is 10.1.